The van der Waals surface area contributed by atoms with E-state index in [1.807, 2.05) is 60.7 Å². The Morgan fingerprint density at radius 2 is 0.776 bits per heavy atom. The van der Waals surface area contributed by atoms with Crippen molar-refractivity contribution in [3.05, 3.63) is 71.8 Å². The summed E-state index contributed by atoms with van der Waals surface area (Å²) < 4.78 is 27.1. The molecule has 0 saturated heterocycles. The monoisotopic (exact) mass is 688 g/mol. The van der Waals surface area contributed by atoms with Gasteiger partial charge in [0.05, 0.1) is 91.2 Å². The van der Waals surface area contributed by atoms with E-state index in [1.54, 1.807) is 0 Å². The van der Waals surface area contributed by atoms with Gasteiger partial charge in [0.25, 0.3) is 0 Å². The average molecular weight is 689 g/mol. The second-order valence-electron chi connectivity index (χ2n) is 10.8. The molecule has 2 aromatic rings. The number of hydrogen-bond donors (Lipinski definition) is 6. The molecule has 2 aromatic carbocycles. The van der Waals surface area contributed by atoms with Crippen molar-refractivity contribution in [2.24, 2.45) is 11.5 Å². The van der Waals surface area contributed by atoms with Crippen LogP contribution in [0.5, 0.6) is 0 Å². The smallest absolute Gasteiger partial charge is 0.239 e. The van der Waals surface area contributed by atoms with Crippen molar-refractivity contribution in [3.63, 3.8) is 0 Å². The topological polar surface area (TPSA) is 215 Å². The van der Waals surface area contributed by atoms with E-state index in [2.05, 4.69) is 21.3 Å². The fourth-order valence-corrected chi connectivity index (χ4v) is 4.15. The van der Waals surface area contributed by atoms with E-state index in [-0.39, 0.29) is 36.7 Å². The summed E-state index contributed by atoms with van der Waals surface area (Å²) in [6, 6.07) is 17.4. The molecule has 0 aliphatic rings. The quantitative estimate of drug-likeness (QED) is 0.0577. The Kier molecular flexibility index (Phi) is 22.6. The van der Waals surface area contributed by atoms with Crippen LogP contribution in [0.15, 0.2) is 60.7 Å². The minimum Gasteiger partial charge on any atom is -0.377 e. The van der Waals surface area contributed by atoms with E-state index in [4.69, 9.17) is 35.2 Å². The summed E-state index contributed by atoms with van der Waals surface area (Å²) in [4.78, 5) is 48.0. The summed E-state index contributed by atoms with van der Waals surface area (Å²) in [6.45, 7) is 4.09. The molecule has 15 heteroatoms. The van der Waals surface area contributed by atoms with Gasteiger partial charge in [0.15, 0.2) is 0 Å². The lowest BCUT2D eigenvalue weighted by molar-refractivity contribution is -0.126. The van der Waals surface area contributed by atoms with Gasteiger partial charge < -0.3 is 56.4 Å². The maximum Gasteiger partial charge on any atom is 0.239 e. The maximum absolute atomic E-state index is 12.1. The van der Waals surface area contributed by atoms with Crippen LogP contribution in [0.4, 0.5) is 0 Å². The Hall–Kier alpha value is -3.96. The summed E-state index contributed by atoms with van der Waals surface area (Å²) in [5, 5.41) is 10.4. The van der Waals surface area contributed by atoms with E-state index >= 15 is 0 Å². The predicted molar refractivity (Wildman–Crippen MR) is 182 cm³/mol. The van der Waals surface area contributed by atoms with Crippen LogP contribution in [0.1, 0.15) is 11.1 Å². The number of amides is 4. The second-order valence-corrected chi connectivity index (χ2v) is 10.8. The van der Waals surface area contributed by atoms with Crippen LogP contribution in [-0.2, 0) is 55.7 Å². The lowest BCUT2D eigenvalue weighted by Gasteiger charge is -2.12. The molecule has 0 aliphatic heterocycles. The molecule has 0 radical (unpaired) electrons. The van der Waals surface area contributed by atoms with Crippen molar-refractivity contribution in [3.8, 4) is 0 Å². The van der Waals surface area contributed by atoms with Gasteiger partial charge in [0, 0.05) is 13.1 Å². The van der Waals surface area contributed by atoms with Gasteiger partial charge in [-0.25, -0.2) is 0 Å². The summed E-state index contributed by atoms with van der Waals surface area (Å²) in [6.07, 6.45) is 0.791. The first-order valence-electron chi connectivity index (χ1n) is 16.4. The Morgan fingerprint density at radius 3 is 1.10 bits per heavy atom. The van der Waals surface area contributed by atoms with Crippen LogP contribution in [0.2, 0.25) is 0 Å². The first-order chi connectivity index (χ1) is 23.8. The molecule has 0 spiro atoms. The molecular weight excluding hydrogens is 636 g/mol. The van der Waals surface area contributed by atoms with Gasteiger partial charge in [-0.3, -0.25) is 19.2 Å². The third-order valence-corrected chi connectivity index (χ3v) is 6.74. The minimum atomic E-state index is -0.727. The average Bonchev–Trinajstić information content (AvgIpc) is 3.11. The third kappa shape index (κ3) is 21.6. The Bertz CT molecular complexity index is 1100. The van der Waals surface area contributed by atoms with Crippen molar-refractivity contribution in [2.45, 2.75) is 24.9 Å². The first-order valence-corrected chi connectivity index (χ1v) is 16.4. The van der Waals surface area contributed by atoms with Crippen LogP contribution in [-0.4, -0.2) is 128 Å². The zero-order valence-corrected chi connectivity index (χ0v) is 28.1. The minimum absolute atomic E-state index is 0.151. The van der Waals surface area contributed by atoms with Gasteiger partial charge >= 0.3 is 0 Å². The molecular formula is C34H52N6O9. The molecule has 4 amide bonds. The molecule has 0 aromatic heterocycles. The highest BCUT2D eigenvalue weighted by Crippen LogP contribution is 2.02. The highest BCUT2D eigenvalue weighted by molar-refractivity contribution is 5.88. The molecule has 0 saturated carbocycles. The lowest BCUT2D eigenvalue weighted by atomic mass is 10.1. The van der Waals surface area contributed by atoms with Gasteiger partial charge in [-0.05, 0) is 24.0 Å². The number of benzene rings is 2. The van der Waals surface area contributed by atoms with Gasteiger partial charge in [-0.1, -0.05) is 60.7 Å². The summed E-state index contributed by atoms with van der Waals surface area (Å²) in [5.74, 6) is -1.41. The number of hydrogen-bond acceptors (Lipinski definition) is 11. The molecule has 2 rings (SSSR count). The zero-order chi connectivity index (χ0) is 35.4. The van der Waals surface area contributed by atoms with E-state index in [0.717, 1.165) is 11.1 Å². The largest absolute Gasteiger partial charge is 0.377 e. The van der Waals surface area contributed by atoms with Crippen molar-refractivity contribution in [2.75, 3.05) is 92.2 Å². The SMILES string of the molecule is N[C@@H](Cc1ccccc1)C(=O)NCC(=O)NCCOCCOCCOCCOCCOCCNC(=O)CNC(=O)[C@@H](N)Cc1ccccc1. The molecule has 0 heterocycles. The van der Waals surface area contributed by atoms with E-state index in [1.165, 1.54) is 0 Å². The number of carbonyl (C=O) groups excluding carboxylic acids is 4. The fourth-order valence-electron chi connectivity index (χ4n) is 4.15. The molecule has 0 fully saturated rings. The van der Waals surface area contributed by atoms with Crippen molar-refractivity contribution < 1.29 is 42.9 Å². The van der Waals surface area contributed by atoms with Crippen LogP contribution >= 0.6 is 0 Å². The number of rotatable bonds is 28. The molecule has 0 bridgehead atoms. The van der Waals surface area contributed by atoms with E-state index in [0.29, 0.717) is 92.0 Å². The number of nitrogens with two attached hydrogens (primary N) is 2. The number of nitrogens with one attached hydrogen (secondary N) is 4. The summed E-state index contributed by atoms with van der Waals surface area (Å²) in [5.41, 5.74) is 13.7. The summed E-state index contributed by atoms with van der Waals surface area (Å²) >= 11 is 0. The molecule has 49 heavy (non-hydrogen) atoms. The predicted octanol–water partition coefficient (Wildman–Crippen LogP) is -1.33. The zero-order valence-electron chi connectivity index (χ0n) is 28.1. The molecule has 0 aliphatic carbocycles. The molecule has 272 valence electrons. The van der Waals surface area contributed by atoms with Gasteiger partial charge in [0.2, 0.25) is 23.6 Å². The van der Waals surface area contributed by atoms with Crippen molar-refractivity contribution >= 4 is 23.6 Å². The van der Waals surface area contributed by atoms with E-state index in [9.17, 15) is 19.2 Å². The first kappa shape index (κ1) is 41.2. The highest BCUT2D eigenvalue weighted by atomic mass is 16.6. The molecule has 2 atom stereocenters. The van der Waals surface area contributed by atoms with Crippen molar-refractivity contribution in [1.29, 1.82) is 0 Å². The standard InChI is InChI=1S/C34H52N6O9/c35-29(23-27-7-3-1-4-8-27)33(43)39-25-31(41)37-11-13-45-15-17-47-19-21-49-22-20-48-18-16-46-14-12-38-32(42)26-40-34(44)30(36)24-28-9-5-2-6-10-28/h1-10,29-30H,11-26,35-36H2,(H,37,41)(H,38,42)(H,39,43)(H,40,44)/t29-,30-/m0/s1. The summed E-state index contributed by atoms with van der Waals surface area (Å²) in [7, 11) is 0. The molecule has 0 unspecified atom stereocenters. The molecule has 15 nitrogen and oxygen atoms in total. The van der Waals surface area contributed by atoms with E-state index < -0.39 is 12.1 Å². The van der Waals surface area contributed by atoms with Crippen LogP contribution < -0.4 is 32.7 Å². The lowest BCUT2D eigenvalue weighted by Crippen LogP contribution is -2.46. The Labute approximate surface area is 288 Å². The van der Waals surface area contributed by atoms with Gasteiger partial charge in [-0.2, -0.15) is 0 Å². The second kappa shape index (κ2) is 26.9. The van der Waals surface area contributed by atoms with Crippen LogP contribution in [0, 0.1) is 0 Å². The Morgan fingerprint density at radius 1 is 0.469 bits per heavy atom. The highest BCUT2D eigenvalue weighted by Gasteiger charge is 2.16. The van der Waals surface area contributed by atoms with Crippen LogP contribution in [0.3, 0.4) is 0 Å². The Balaban J connectivity index is 1.27. The number of ether oxygens (including phenoxy) is 5. The fraction of sp³-hybridized carbons (Fsp3) is 0.529. The van der Waals surface area contributed by atoms with Gasteiger partial charge in [-0.15, -0.1) is 0 Å². The van der Waals surface area contributed by atoms with Crippen LogP contribution in [0.25, 0.3) is 0 Å². The maximum atomic E-state index is 12.1. The van der Waals surface area contributed by atoms with Gasteiger partial charge in [0.1, 0.15) is 0 Å². The normalized spacial score (nSPS) is 12.1. The number of carbonyl (C=O) groups is 4. The molecule has 8 N–H and O–H groups in total. The third-order valence-electron chi connectivity index (χ3n) is 6.74. The van der Waals surface area contributed by atoms with Crippen molar-refractivity contribution in [1.82, 2.24) is 21.3 Å².